The number of fused-ring (bicyclic) bond motifs is 1. The van der Waals surface area contributed by atoms with Crippen LogP contribution in [0.2, 0.25) is 0 Å². The summed E-state index contributed by atoms with van der Waals surface area (Å²) in [6.45, 7) is 4.30. The molecule has 2 aliphatic heterocycles. The van der Waals surface area contributed by atoms with Crippen LogP contribution < -0.4 is 0 Å². The van der Waals surface area contributed by atoms with E-state index in [-0.39, 0.29) is 5.91 Å². The van der Waals surface area contributed by atoms with Gasteiger partial charge in [-0.3, -0.25) is 4.79 Å². The number of rotatable bonds is 1. The zero-order valence-corrected chi connectivity index (χ0v) is 11.9. The van der Waals surface area contributed by atoms with Crippen LogP contribution in [-0.4, -0.2) is 52.0 Å². The molecule has 2 aliphatic rings. The van der Waals surface area contributed by atoms with Crippen LogP contribution in [-0.2, 0) is 4.74 Å². The van der Waals surface area contributed by atoms with Crippen LogP contribution in [0.3, 0.4) is 0 Å². The summed E-state index contributed by atoms with van der Waals surface area (Å²) in [5.41, 5.74) is 1.63. The maximum Gasteiger partial charge on any atom is 0.256 e. The van der Waals surface area contributed by atoms with Gasteiger partial charge in [0.05, 0.1) is 17.9 Å². The van der Waals surface area contributed by atoms with Crippen molar-refractivity contribution < 1.29 is 9.53 Å². The molecule has 0 bridgehead atoms. The van der Waals surface area contributed by atoms with E-state index in [4.69, 9.17) is 4.74 Å². The van der Waals surface area contributed by atoms with Gasteiger partial charge in [0.1, 0.15) is 0 Å². The number of nitrogens with zero attached hydrogens (tertiary/aromatic N) is 2. The van der Waals surface area contributed by atoms with Gasteiger partial charge < -0.3 is 9.64 Å². The molecule has 6 heteroatoms. The molecule has 0 spiro atoms. The van der Waals surface area contributed by atoms with Crippen LogP contribution in [0.4, 0.5) is 0 Å². The molecule has 1 aromatic heterocycles. The molecule has 18 heavy (non-hydrogen) atoms. The van der Waals surface area contributed by atoms with Gasteiger partial charge >= 0.3 is 0 Å². The van der Waals surface area contributed by atoms with Gasteiger partial charge in [0.25, 0.3) is 5.91 Å². The van der Waals surface area contributed by atoms with Gasteiger partial charge in [0, 0.05) is 35.6 Å². The zero-order valence-electron chi connectivity index (χ0n) is 10.3. The Balaban J connectivity index is 1.82. The summed E-state index contributed by atoms with van der Waals surface area (Å²) < 4.78 is 9.71. The lowest BCUT2D eigenvalue weighted by Gasteiger charge is -2.43. The van der Waals surface area contributed by atoms with Crippen LogP contribution >= 0.6 is 23.3 Å². The number of aromatic nitrogens is 1. The van der Waals surface area contributed by atoms with E-state index in [1.165, 1.54) is 11.5 Å². The first kappa shape index (κ1) is 12.4. The number of thioether (sulfide) groups is 1. The maximum absolute atomic E-state index is 12.6. The van der Waals surface area contributed by atoms with Crippen molar-refractivity contribution in [1.82, 2.24) is 9.27 Å². The van der Waals surface area contributed by atoms with Crippen molar-refractivity contribution in [2.75, 3.05) is 25.5 Å². The van der Waals surface area contributed by atoms with E-state index in [1.807, 2.05) is 29.0 Å². The Morgan fingerprint density at radius 3 is 3.28 bits per heavy atom. The summed E-state index contributed by atoms with van der Waals surface area (Å²) in [7, 11) is 0. The molecule has 2 fully saturated rings. The highest BCUT2D eigenvalue weighted by Gasteiger charge is 2.37. The molecule has 0 N–H and O–H groups in total. The number of carbonyl (C=O) groups is 1. The average molecular weight is 284 g/mol. The summed E-state index contributed by atoms with van der Waals surface area (Å²) in [5, 5.41) is 2.32. The van der Waals surface area contributed by atoms with Crippen molar-refractivity contribution in [2.45, 2.75) is 24.6 Å². The molecular weight excluding hydrogens is 268 g/mol. The summed E-state index contributed by atoms with van der Waals surface area (Å²) >= 11 is 3.30. The minimum absolute atomic E-state index is 0.151. The Kier molecular flexibility index (Phi) is 3.59. The van der Waals surface area contributed by atoms with E-state index in [0.717, 1.165) is 43.2 Å². The SMILES string of the molecule is Cc1nscc1C(=O)N1CCSC2COCCC21. The van der Waals surface area contributed by atoms with Crippen molar-refractivity contribution in [3.8, 4) is 0 Å². The summed E-state index contributed by atoms with van der Waals surface area (Å²) in [5.74, 6) is 1.16. The average Bonchev–Trinajstić information content (AvgIpc) is 2.83. The highest BCUT2D eigenvalue weighted by molar-refractivity contribution is 8.00. The standard InChI is InChI=1S/C12H16N2O2S2/c1-8-9(7-18-13-8)12(15)14-3-5-17-11-6-16-4-2-10(11)14/h7,10-11H,2-6H2,1H3. The molecule has 4 nitrogen and oxygen atoms in total. The minimum atomic E-state index is 0.151. The molecule has 98 valence electrons. The lowest BCUT2D eigenvalue weighted by atomic mass is 10.0. The van der Waals surface area contributed by atoms with Crippen LogP contribution in [0.1, 0.15) is 22.5 Å². The monoisotopic (exact) mass is 284 g/mol. The van der Waals surface area contributed by atoms with E-state index >= 15 is 0 Å². The summed E-state index contributed by atoms with van der Waals surface area (Å²) in [4.78, 5) is 14.6. The number of amides is 1. The van der Waals surface area contributed by atoms with Crippen LogP contribution in [0, 0.1) is 6.92 Å². The van der Waals surface area contributed by atoms with E-state index in [9.17, 15) is 4.79 Å². The molecule has 3 rings (SSSR count). The molecule has 0 saturated carbocycles. The molecule has 0 aromatic carbocycles. The summed E-state index contributed by atoms with van der Waals surface area (Å²) in [6.07, 6.45) is 0.958. The van der Waals surface area contributed by atoms with E-state index in [1.54, 1.807) is 0 Å². The van der Waals surface area contributed by atoms with Gasteiger partial charge in [0.2, 0.25) is 0 Å². The largest absolute Gasteiger partial charge is 0.380 e. The Morgan fingerprint density at radius 1 is 1.61 bits per heavy atom. The summed E-state index contributed by atoms with van der Waals surface area (Å²) in [6, 6.07) is 0.337. The molecule has 3 heterocycles. The van der Waals surface area contributed by atoms with Crippen molar-refractivity contribution >= 4 is 29.2 Å². The Labute approximate surface area is 115 Å². The second-order valence-corrected chi connectivity index (χ2v) is 6.63. The van der Waals surface area contributed by atoms with Crippen LogP contribution in [0.15, 0.2) is 5.38 Å². The fourth-order valence-corrected chi connectivity index (χ4v) is 4.58. The number of hydrogen-bond acceptors (Lipinski definition) is 5. The predicted octanol–water partition coefficient (Wildman–Crippen LogP) is 1.80. The van der Waals surface area contributed by atoms with Crippen LogP contribution in [0.5, 0.6) is 0 Å². The quantitative estimate of drug-likeness (QED) is 0.788. The topological polar surface area (TPSA) is 42.4 Å². The van der Waals surface area contributed by atoms with E-state index in [0.29, 0.717) is 11.3 Å². The van der Waals surface area contributed by atoms with E-state index in [2.05, 4.69) is 4.37 Å². The fraction of sp³-hybridized carbons (Fsp3) is 0.667. The van der Waals surface area contributed by atoms with Crippen molar-refractivity contribution in [1.29, 1.82) is 0 Å². The predicted molar refractivity (Wildman–Crippen MR) is 73.4 cm³/mol. The minimum Gasteiger partial charge on any atom is -0.380 e. The molecule has 1 aromatic rings. The Morgan fingerprint density at radius 2 is 2.50 bits per heavy atom. The first-order valence-electron chi connectivity index (χ1n) is 6.18. The lowest BCUT2D eigenvalue weighted by Crippen LogP contribution is -2.54. The number of ether oxygens (including phenoxy) is 1. The molecule has 2 atom stereocenters. The van der Waals surface area contributed by atoms with Crippen molar-refractivity contribution in [2.24, 2.45) is 0 Å². The maximum atomic E-state index is 12.6. The third-order valence-corrected chi connectivity index (χ3v) is 5.59. The second kappa shape index (κ2) is 5.19. The van der Waals surface area contributed by atoms with Gasteiger partial charge in [-0.2, -0.15) is 16.1 Å². The molecule has 1 amide bonds. The fourth-order valence-electron chi connectivity index (χ4n) is 2.59. The highest BCUT2D eigenvalue weighted by Crippen LogP contribution is 2.31. The number of carbonyl (C=O) groups excluding carboxylic acids is 1. The lowest BCUT2D eigenvalue weighted by molar-refractivity contribution is 0.0319. The third-order valence-electron chi connectivity index (χ3n) is 3.57. The molecule has 2 unspecified atom stereocenters. The van der Waals surface area contributed by atoms with Crippen LogP contribution in [0.25, 0.3) is 0 Å². The molecule has 0 aliphatic carbocycles. The van der Waals surface area contributed by atoms with Gasteiger partial charge in [-0.15, -0.1) is 0 Å². The number of aryl methyl sites for hydroxylation is 1. The Hall–Kier alpha value is -0.590. The van der Waals surface area contributed by atoms with E-state index < -0.39 is 0 Å². The highest BCUT2D eigenvalue weighted by atomic mass is 32.2. The second-order valence-electron chi connectivity index (χ2n) is 4.65. The van der Waals surface area contributed by atoms with Gasteiger partial charge in [-0.05, 0) is 24.9 Å². The Bertz CT molecular complexity index is 447. The first-order chi connectivity index (χ1) is 8.77. The zero-order chi connectivity index (χ0) is 12.5. The normalized spacial score (nSPS) is 27.9. The van der Waals surface area contributed by atoms with Gasteiger partial charge in [0.15, 0.2) is 0 Å². The number of hydrogen-bond donors (Lipinski definition) is 0. The smallest absolute Gasteiger partial charge is 0.256 e. The third kappa shape index (κ3) is 2.17. The molecule has 0 radical (unpaired) electrons. The van der Waals surface area contributed by atoms with Gasteiger partial charge in [-0.25, -0.2) is 0 Å². The van der Waals surface area contributed by atoms with Crippen molar-refractivity contribution in [3.05, 3.63) is 16.6 Å². The first-order valence-corrected chi connectivity index (χ1v) is 8.07. The van der Waals surface area contributed by atoms with Gasteiger partial charge in [-0.1, -0.05) is 0 Å². The molecular formula is C12H16N2O2S2. The van der Waals surface area contributed by atoms with Crippen molar-refractivity contribution in [3.63, 3.8) is 0 Å². The molecule has 2 saturated heterocycles.